The van der Waals surface area contributed by atoms with Gasteiger partial charge in [0, 0.05) is 12.6 Å². The number of hydrogen-bond donors (Lipinski definition) is 2. The van der Waals surface area contributed by atoms with Crippen LogP contribution in [0.5, 0.6) is 0 Å². The number of nitrogens with two attached hydrogens (primary N) is 1. The van der Waals surface area contributed by atoms with E-state index in [1.54, 1.807) is 4.90 Å². The average Bonchev–Trinajstić information content (AvgIpc) is 2.86. The Bertz CT molecular complexity index is 345. The Labute approximate surface area is 121 Å². The largest absolute Gasteiger partial charge is 0.368 e. The van der Waals surface area contributed by atoms with Crippen molar-refractivity contribution in [1.29, 1.82) is 0 Å². The van der Waals surface area contributed by atoms with Crippen LogP contribution in [0.25, 0.3) is 0 Å². The maximum atomic E-state index is 12.6. The number of rotatable bonds is 6. The molecule has 1 aliphatic carbocycles. The van der Waals surface area contributed by atoms with Crippen LogP contribution in [0.4, 0.5) is 0 Å². The van der Waals surface area contributed by atoms with Crippen molar-refractivity contribution in [3.8, 4) is 0 Å². The number of unbranched alkanes of at least 4 members (excludes halogenated alkanes) is 1. The molecule has 0 aromatic heterocycles. The van der Waals surface area contributed by atoms with E-state index >= 15 is 0 Å². The highest BCUT2D eigenvalue weighted by molar-refractivity contribution is 5.87. The molecule has 20 heavy (non-hydrogen) atoms. The molecule has 1 heterocycles. The van der Waals surface area contributed by atoms with E-state index in [1.807, 2.05) is 0 Å². The lowest BCUT2D eigenvalue weighted by Gasteiger charge is -2.25. The first-order chi connectivity index (χ1) is 9.61. The second kappa shape index (κ2) is 7.07. The molecule has 5 heteroatoms. The molecule has 1 saturated heterocycles. The lowest BCUT2D eigenvalue weighted by molar-refractivity contribution is -0.136. The van der Waals surface area contributed by atoms with Crippen molar-refractivity contribution in [2.45, 2.75) is 64.0 Å². The molecule has 2 aliphatic rings. The van der Waals surface area contributed by atoms with Crippen LogP contribution < -0.4 is 11.1 Å². The van der Waals surface area contributed by atoms with Gasteiger partial charge in [0.2, 0.25) is 11.8 Å². The zero-order valence-electron chi connectivity index (χ0n) is 12.4. The number of primary amides is 1. The summed E-state index contributed by atoms with van der Waals surface area (Å²) in [5.41, 5.74) is 5.27. The lowest BCUT2D eigenvalue weighted by atomic mass is 9.85. The van der Waals surface area contributed by atoms with E-state index in [2.05, 4.69) is 12.2 Å². The van der Waals surface area contributed by atoms with Crippen LogP contribution in [-0.4, -0.2) is 41.9 Å². The first-order valence-corrected chi connectivity index (χ1v) is 7.95. The summed E-state index contributed by atoms with van der Waals surface area (Å²) in [6, 6.07) is 0.388. The van der Waals surface area contributed by atoms with Gasteiger partial charge >= 0.3 is 0 Å². The van der Waals surface area contributed by atoms with Gasteiger partial charge in [0.05, 0.1) is 12.6 Å². The SMILES string of the molecule is CCCCN(CC(N)=O)C(=O)C1CC2CCCCC2N1. The van der Waals surface area contributed by atoms with Crippen molar-refractivity contribution in [1.82, 2.24) is 10.2 Å². The normalized spacial score (nSPS) is 28.9. The fourth-order valence-electron chi connectivity index (χ4n) is 3.54. The maximum absolute atomic E-state index is 12.6. The van der Waals surface area contributed by atoms with Crippen LogP contribution in [-0.2, 0) is 9.59 Å². The van der Waals surface area contributed by atoms with Crippen LogP contribution in [0.2, 0.25) is 0 Å². The van der Waals surface area contributed by atoms with E-state index in [4.69, 9.17) is 5.73 Å². The molecule has 114 valence electrons. The van der Waals surface area contributed by atoms with E-state index in [0.717, 1.165) is 19.3 Å². The van der Waals surface area contributed by atoms with Crippen LogP contribution >= 0.6 is 0 Å². The van der Waals surface area contributed by atoms with Gasteiger partial charge in [0.1, 0.15) is 0 Å². The van der Waals surface area contributed by atoms with Gasteiger partial charge in [-0.25, -0.2) is 0 Å². The fraction of sp³-hybridized carbons (Fsp3) is 0.867. The molecule has 2 fully saturated rings. The standard InChI is InChI=1S/C15H27N3O2/c1-2-3-8-18(10-14(16)19)15(20)13-9-11-6-4-5-7-12(11)17-13/h11-13,17H,2-10H2,1H3,(H2,16,19). The molecule has 0 radical (unpaired) electrons. The van der Waals surface area contributed by atoms with Crippen molar-refractivity contribution >= 4 is 11.8 Å². The quantitative estimate of drug-likeness (QED) is 0.763. The molecule has 1 aliphatic heterocycles. The topological polar surface area (TPSA) is 75.4 Å². The minimum absolute atomic E-state index is 0.0480. The third-order valence-corrected chi connectivity index (χ3v) is 4.60. The summed E-state index contributed by atoms with van der Waals surface area (Å²) in [6.07, 6.45) is 7.79. The number of hydrogen-bond acceptors (Lipinski definition) is 3. The molecule has 0 aromatic rings. The van der Waals surface area contributed by atoms with Gasteiger partial charge in [-0.05, 0) is 31.6 Å². The molecule has 3 atom stereocenters. The van der Waals surface area contributed by atoms with Gasteiger partial charge in [-0.15, -0.1) is 0 Å². The van der Waals surface area contributed by atoms with Crippen molar-refractivity contribution in [2.75, 3.05) is 13.1 Å². The molecule has 3 unspecified atom stereocenters. The Morgan fingerprint density at radius 2 is 2.05 bits per heavy atom. The van der Waals surface area contributed by atoms with E-state index in [9.17, 15) is 9.59 Å². The number of nitrogens with one attached hydrogen (secondary N) is 1. The predicted molar refractivity (Wildman–Crippen MR) is 78.0 cm³/mol. The summed E-state index contributed by atoms with van der Waals surface area (Å²) in [4.78, 5) is 25.4. The molecule has 1 saturated carbocycles. The lowest BCUT2D eigenvalue weighted by Crippen LogP contribution is -2.48. The Kier molecular flexibility index (Phi) is 5.40. The molecular formula is C15H27N3O2. The van der Waals surface area contributed by atoms with Crippen LogP contribution in [0.15, 0.2) is 0 Å². The van der Waals surface area contributed by atoms with Gasteiger partial charge in [0.15, 0.2) is 0 Å². The van der Waals surface area contributed by atoms with E-state index in [0.29, 0.717) is 18.5 Å². The molecule has 2 amide bonds. The van der Waals surface area contributed by atoms with E-state index in [-0.39, 0.29) is 18.5 Å². The molecule has 0 spiro atoms. The van der Waals surface area contributed by atoms with E-state index < -0.39 is 5.91 Å². The molecule has 2 rings (SSSR count). The Morgan fingerprint density at radius 1 is 1.30 bits per heavy atom. The number of amides is 2. The smallest absolute Gasteiger partial charge is 0.240 e. The Morgan fingerprint density at radius 3 is 2.70 bits per heavy atom. The zero-order valence-corrected chi connectivity index (χ0v) is 12.4. The molecule has 3 N–H and O–H groups in total. The van der Waals surface area contributed by atoms with Gasteiger partial charge in [0.25, 0.3) is 0 Å². The number of carbonyl (C=O) groups excluding carboxylic acids is 2. The molecule has 0 bridgehead atoms. The van der Waals surface area contributed by atoms with Crippen molar-refractivity contribution in [3.05, 3.63) is 0 Å². The highest BCUT2D eigenvalue weighted by Gasteiger charge is 2.39. The van der Waals surface area contributed by atoms with Crippen molar-refractivity contribution in [3.63, 3.8) is 0 Å². The maximum Gasteiger partial charge on any atom is 0.240 e. The highest BCUT2D eigenvalue weighted by Crippen LogP contribution is 2.33. The Balaban J connectivity index is 1.94. The van der Waals surface area contributed by atoms with Crippen LogP contribution in [0, 0.1) is 5.92 Å². The monoisotopic (exact) mass is 281 g/mol. The number of carbonyl (C=O) groups is 2. The Hall–Kier alpha value is -1.10. The van der Waals surface area contributed by atoms with Crippen LogP contribution in [0.1, 0.15) is 51.9 Å². The van der Waals surface area contributed by atoms with Crippen molar-refractivity contribution in [2.24, 2.45) is 11.7 Å². The summed E-state index contributed by atoms with van der Waals surface area (Å²) < 4.78 is 0. The summed E-state index contributed by atoms with van der Waals surface area (Å²) in [5.74, 6) is 0.274. The summed E-state index contributed by atoms with van der Waals surface area (Å²) >= 11 is 0. The third kappa shape index (κ3) is 3.72. The van der Waals surface area contributed by atoms with Gasteiger partial charge in [-0.2, -0.15) is 0 Å². The van der Waals surface area contributed by atoms with Crippen LogP contribution in [0.3, 0.4) is 0 Å². The van der Waals surface area contributed by atoms with Gasteiger partial charge in [-0.1, -0.05) is 26.2 Å². The highest BCUT2D eigenvalue weighted by atomic mass is 16.2. The number of fused-ring (bicyclic) bond motifs is 1. The van der Waals surface area contributed by atoms with E-state index in [1.165, 1.54) is 25.7 Å². The second-order valence-corrected chi connectivity index (χ2v) is 6.19. The number of nitrogens with zero attached hydrogens (tertiary/aromatic N) is 1. The predicted octanol–water partition coefficient (Wildman–Crippen LogP) is 1.02. The minimum Gasteiger partial charge on any atom is -0.368 e. The summed E-state index contributed by atoms with van der Waals surface area (Å²) in [7, 11) is 0. The third-order valence-electron chi connectivity index (χ3n) is 4.60. The first kappa shape index (κ1) is 15.3. The minimum atomic E-state index is -0.426. The average molecular weight is 281 g/mol. The van der Waals surface area contributed by atoms with Gasteiger partial charge < -0.3 is 16.0 Å². The van der Waals surface area contributed by atoms with Gasteiger partial charge in [-0.3, -0.25) is 9.59 Å². The summed E-state index contributed by atoms with van der Waals surface area (Å²) in [5, 5.41) is 3.48. The zero-order chi connectivity index (χ0) is 14.5. The summed E-state index contributed by atoms with van der Waals surface area (Å²) in [6.45, 7) is 2.76. The van der Waals surface area contributed by atoms with Crippen molar-refractivity contribution < 1.29 is 9.59 Å². The molecule has 0 aromatic carbocycles. The second-order valence-electron chi connectivity index (χ2n) is 6.19. The first-order valence-electron chi connectivity index (χ1n) is 7.95. The molecule has 5 nitrogen and oxygen atoms in total. The molecular weight excluding hydrogens is 254 g/mol. The fourth-order valence-corrected chi connectivity index (χ4v) is 3.54.